The molecule has 1 N–H and O–H groups in total. The highest BCUT2D eigenvalue weighted by Gasteiger charge is 2.28. The van der Waals surface area contributed by atoms with Gasteiger partial charge in [0, 0.05) is 26.3 Å². The lowest BCUT2D eigenvalue weighted by Crippen LogP contribution is -2.44. The maximum Gasteiger partial charge on any atom is 0.322 e. The number of nitrogens with zero attached hydrogens (tertiary/aromatic N) is 3. The van der Waals surface area contributed by atoms with E-state index in [1.165, 1.54) is 0 Å². The number of furan rings is 1. The van der Waals surface area contributed by atoms with Crippen molar-refractivity contribution in [3.63, 3.8) is 0 Å². The third-order valence-electron chi connectivity index (χ3n) is 4.11. The Morgan fingerprint density at radius 2 is 2.08 bits per heavy atom. The first kappa shape index (κ1) is 17.3. The van der Waals surface area contributed by atoms with Crippen molar-refractivity contribution in [2.24, 2.45) is 0 Å². The van der Waals surface area contributed by atoms with Crippen LogP contribution in [0.1, 0.15) is 23.3 Å². The van der Waals surface area contributed by atoms with Gasteiger partial charge in [-0.1, -0.05) is 0 Å². The van der Waals surface area contributed by atoms with Gasteiger partial charge in [0.2, 0.25) is 0 Å². The molecule has 7 nitrogen and oxygen atoms in total. The summed E-state index contributed by atoms with van der Waals surface area (Å²) < 4.78 is 11.4. The third-order valence-corrected chi connectivity index (χ3v) is 4.11. The second-order valence-corrected chi connectivity index (χ2v) is 6.40. The molecule has 0 saturated carbocycles. The lowest BCUT2D eigenvalue weighted by atomic mass is 10.2. The Kier molecular flexibility index (Phi) is 4.94. The van der Waals surface area contributed by atoms with Crippen LogP contribution in [0.5, 0.6) is 0 Å². The summed E-state index contributed by atoms with van der Waals surface area (Å²) in [5.74, 6) is 2.32. The molecule has 0 bridgehead atoms. The van der Waals surface area contributed by atoms with Gasteiger partial charge >= 0.3 is 6.03 Å². The van der Waals surface area contributed by atoms with Crippen molar-refractivity contribution in [3.8, 4) is 0 Å². The molecule has 3 heterocycles. The number of anilines is 2. The Balaban J connectivity index is 1.71. The topological polar surface area (TPSA) is 70.8 Å². The fraction of sp³-hybridized carbons (Fsp3) is 0.444. The van der Waals surface area contributed by atoms with Gasteiger partial charge in [-0.3, -0.25) is 0 Å². The number of pyridine rings is 1. The fourth-order valence-corrected chi connectivity index (χ4v) is 2.81. The quantitative estimate of drug-likeness (QED) is 0.927. The number of aromatic nitrogens is 1. The van der Waals surface area contributed by atoms with E-state index < -0.39 is 0 Å². The van der Waals surface area contributed by atoms with E-state index in [0.717, 1.165) is 23.0 Å². The SMILES string of the molecule is Cc1ccc(NC(=O)N2CCOC(c3ccc(C)o3)C2)c(N(C)C)n1. The zero-order valence-corrected chi connectivity index (χ0v) is 15.1. The molecule has 1 aliphatic rings. The number of hydrogen-bond donors (Lipinski definition) is 1. The molecule has 7 heteroatoms. The molecule has 1 atom stereocenters. The van der Waals surface area contributed by atoms with Gasteiger partial charge in [0.15, 0.2) is 5.82 Å². The van der Waals surface area contributed by atoms with Crippen molar-refractivity contribution < 1.29 is 13.9 Å². The van der Waals surface area contributed by atoms with Crippen LogP contribution in [0.4, 0.5) is 16.3 Å². The molecule has 134 valence electrons. The number of nitrogens with one attached hydrogen (secondary N) is 1. The monoisotopic (exact) mass is 344 g/mol. The Morgan fingerprint density at radius 1 is 1.28 bits per heavy atom. The number of morpholine rings is 1. The molecule has 0 radical (unpaired) electrons. The third kappa shape index (κ3) is 3.93. The molecule has 0 aromatic carbocycles. The molecule has 1 fully saturated rings. The highest BCUT2D eigenvalue weighted by Crippen LogP contribution is 2.26. The Bertz CT molecular complexity index is 757. The van der Waals surface area contributed by atoms with Gasteiger partial charge in [-0.2, -0.15) is 0 Å². The molecule has 0 aliphatic carbocycles. The van der Waals surface area contributed by atoms with Crippen LogP contribution < -0.4 is 10.2 Å². The highest BCUT2D eigenvalue weighted by atomic mass is 16.5. The van der Waals surface area contributed by atoms with Crippen LogP contribution in [-0.2, 0) is 4.74 Å². The highest BCUT2D eigenvalue weighted by molar-refractivity contribution is 5.92. The number of hydrogen-bond acceptors (Lipinski definition) is 5. The molecule has 1 aliphatic heterocycles. The van der Waals surface area contributed by atoms with E-state index in [1.54, 1.807) is 4.90 Å². The summed E-state index contributed by atoms with van der Waals surface area (Å²) in [7, 11) is 3.81. The van der Waals surface area contributed by atoms with Crippen molar-refractivity contribution in [1.82, 2.24) is 9.88 Å². The molecular weight excluding hydrogens is 320 g/mol. The van der Waals surface area contributed by atoms with Crippen LogP contribution in [0.2, 0.25) is 0 Å². The van der Waals surface area contributed by atoms with Crippen LogP contribution in [0.15, 0.2) is 28.7 Å². The average Bonchev–Trinajstić information content (AvgIpc) is 3.03. The smallest absolute Gasteiger partial charge is 0.322 e. The summed E-state index contributed by atoms with van der Waals surface area (Å²) in [4.78, 5) is 20.8. The van der Waals surface area contributed by atoms with Gasteiger partial charge in [-0.05, 0) is 38.1 Å². The van der Waals surface area contributed by atoms with Gasteiger partial charge in [0.05, 0.1) is 18.8 Å². The predicted octanol–water partition coefficient (Wildman–Crippen LogP) is 2.96. The first-order valence-electron chi connectivity index (χ1n) is 8.33. The van der Waals surface area contributed by atoms with E-state index in [0.29, 0.717) is 25.4 Å². The number of amides is 2. The zero-order chi connectivity index (χ0) is 18.0. The largest absolute Gasteiger partial charge is 0.464 e. The maximum atomic E-state index is 12.7. The van der Waals surface area contributed by atoms with Gasteiger partial charge in [0.1, 0.15) is 17.6 Å². The maximum absolute atomic E-state index is 12.7. The van der Waals surface area contributed by atoms with Crippen LogP contribution >= 0.6 is 0 Å². The molecule has 1 saturated heterocycles. The van der Waals surface area contributed by atoms with Gasteiger partial charge in [0.25, 0.3) is 0 Å². The van der Waals surface area contributed by atoms with Gasteiger partial charge in [-0.15, -0.1) is 0 Å². The molecule has 1 unspecified atom stereocenters. The van der Waals surface area contributed by atoms with E-state index in [2.05, 4.69) is 10.3 Å². The number of urea groups is 1. The van der Waals surface area contributed by atoms with E-state index in [4.69, 9.17) is 9.15 Å². The fourth-order valence-electron chi connectivity index (χ4n) is 2.81. The summed E-state index contributed by atoms with van der Waals surface area (Å²) in [6, 6.07) is 7.40. The molecule has 2 amide bonds. The second-order valence-electron chi connectivity index (χ2n) is 6.40. The van der Waals surface area contributed by atoms with E-state index in [-0.39, 0.29) is 12.1 Å². The van der Waals surface area contributed by atoms with E-state index in [1.807, 2.05) is 57.1 Å². The number of carbonyl (C=O) groups is 1. The number of rotatable bonds is 3. The first-order valence-corrected chi connectivity index (χ1v) is 8.33. The van der Waals surface area contributed by atoms with Crippen molar-refractivity contribution in [1.29, 1.82) is 0 Å². The Morgan fingerprint density at radius 3 is 2.76 bits per heavy atom. The summed E-state index contributed by atoms with van der Waals surface area (Å²) in [5, 5.41) is 2.96. The number of aryl methyl sites for hydroxylation is 2. The minimum Gasteiger partial charge on any atom is -0.464 e. The summed E-state index contributed by atoms with van der Waals surface area (Å²) in [5.41, 5.74) is 1.60. The summed E-state index contributed by atoms with van der Waals surface area (Å²) in [6.07, 6.45) is -0.238. The molecule has 0 spiro atoms. The first-order chi connectivity index (χ1) is 11.9. The molecular formula is C18H24N4O3. The molecule has 3 rings (SSSR count). The van der Waals surface area contributed by atoms with Gasteiger partial charge < -0.3 is 24.3 Å². The van der Waals surface area contributed by atoms with Crippen molar-refractivity contribution >= 4 is 17.5 Å². The summed E-state index contributed by atoms with van der Waals surface area (Å²) in [6.45, 7) is 5.29. The van der Waals surface area contributed by atoms with E-state index in [9.17, 15) is 4.79 Å². The van der Waals surface area contributed by atoms with E-state index >= 15 is 0 Å². The molecule has 2 aromatic rings. The zero-order valence-electron chi connectivity index (χ0n) is 15.1. The molecule has 25 heavy (non-hydrogen) atoms. The standard InChI is InChI=1S/C18H24N4O3/c1-12-5-7-14(17(19-12)21(3)4)20-18(23)22-9-10-24-16(11-22)15-8-6-13(2)25-15/h5-8,16H,9-11H2,1-4H3,(H,20,23). The van der Waals surface area contributed by atoms with Crippen molar-refractivity contribution in [2.75, 3.05) is 44.0 Å². The van der Waals surface area contributed by atoms with Crippen LogP contribution in [0.25, 0.3) is 0 Å². The normalized spacial score (nSPS) is 17.4. The van der Waals surface area contributed by atoms with Crippen molar-refractivity contribution in [2.45, 2.75) is 20.0 Å². The summed E-state index contributed by atoms with van der Waals surface area (Å²) >= 11 is 0. The van der Waals surface area contributed by atoms with Gasteiger partial charge in [-0.25, -0.2) is 9.78 Å². The van der Waals surface area contributed by atoms with Crippen molar-refractivity contribution in [3.05, 3.63) is 41.5 Å². The number of ether oxygens (including phenoxy) is 1. The Hall–Kier alpha value is -2.54. The average molecular weight is 344 g/mol. The molecule has 2 aromatic heterocycles. The predicted molar refractivity (Wildman–Crippen MR) is 96.0 cm³/mol. The van der Waals surface area contributed by atoms with Crippen LogP contribution in [0, 0.1) is 13.8 Å². The van der Waals surface area contributed by atoms with Crippen LogP contribution in [-0.4, -0.2) is 49.7 Å². The second kappa shape index (κ2) is 7.14. The minimum atomic E-state index is -0.238. The Labute approximate surface area is 147 Å². The lowest BCUT2D eigenvalue weighted by molar-refractivity contribution is -0.0246. The van der Waals surface area contributed by atoms with Crippen LogP contribution in [0.3, 0.4) is 0 Å². The number of carbonyl (C=O) groups excluding carboxylic acids is 1. The minimum absolute atomic E-state index is 0.162. The lowest BCUT2D eigenvalue weighted by Gasteiger charge is -2.32.